The normalized spacial score (nSPS) is 17.3. The number of Topliss-reactive ketones (excluding diaryl/α,β-unsaturated/α-hetero) is 1. The number of benzene rings is 3. The Hall–Kier alpha value is -4.39. The van der Waals surface area contributed by atoms with Crippen molar-refractivity contribution < 1.29 is 23.8 Å². The number of nitrogens with zero attached hydrogens (tertiary/aromatic N) is 2. The summed E-state index contributed by atoms with van der Waals surface area (Å²) >= 11 is 0. The van der Waals surface area contributed by atoms with E-state index in [9.17, 15) is 19.1 Å². The smallest absolute Gasteiger partial charge is 0.295 e. The van der Waals surface area contributed by atoms with Crippen LogP contribution in [-0.4, -0.2) is 33.4 Å². The number of carbonyl (C=O) groups is 2. The van der Waals surface area contributed by atoms with Crippen molar-refractivity contribution in [1.29, 1.82) is 0 Å². The van der Waals surface area contributed by atoms with Gasteiger partial charge in [-0.05, 0) is 46.9 Å². The molecule has 0 radical (unpaired) electrons. The predicted octanol–water partition coefficient (Wildman–Crippen LogP) is 6.25. The fourth-order valence-corrected chi connectivity index (χ4v) is 5.25. The summed E-state index contributed by atoms with van der Waals surface area (Å²) < 4.78 is 21.1. The highest BCUT2D eigenvalue weighted by Gasteiger charge is 2.47. The third-order valence-electron chi connectivity index (χ3n) is 7.35. The number of hydrogen-bond acceptors (Lipinski definition) is 4. The van der Waals surface area contributed by atoms with Crippen LogP contribution >= 0.6 is 0 Å². The minimum atomic E-state index is -0.871. The van der Waals surface area contributed by atoms with Gasteiger partial charge in [0.25, 0.3) is 11.7 Å². The molecule has 1 saturated heterocycles. The molecule has 0 bridgehead atoms. The molecule has 39 heavy (non-hydrogen) atoms. The molecule has 1 fully saturated rings. The fourth-order valence-electron chi connectivity index (χ4n) is 5.25. The van der Waals surface area contributed by atoms with E-state index >= 15 is 0 Å². The molecule has 0 aliphatic carbocycles. The van der Waals surface area contributed by atoms with E-state index in [0.717, 1.165) is 16.5 Å². The summed E-state index contributed by atoms with van der Waals surface area (Å²) in [5.41, 5.74) is 3.33. The van der Waals surface area contributed by atoms with E-state index in [2.05, 4.69) is 20.8 Å². The van der Waals surface area contributed by atoms with E-state index in [1.165, 1.54) is 24.1 Å². The van der Waals surface area contributed by atoms with Crippen LogP contribution in [0, 0.1) is 5.82 Å². The second-order valence-electron chi connectivity index (χ2n) is 10.9. The van der Waals surface area contributed by atoms with Gasteiger partial charge in [0.1, 0.15) is 17.3 Å². The van der Waals surface area contributed by atoms with Gasteiger partial charge in [-0.25, -0.2) is 4.39 Å². The number of para-hydroxylation sites is 1. The summed E-state index contributed by atoms with van der Waals surface area (Å²) in [5, 5.41) is 12.6. The SMILES string of the molecule is COc1ccc(C(C)(C)C)cc1/C(O)=C1\C(=O)C(=O)N(Cc2ccc(F)cc2)C1c1cn(C)c2ccccc12. The molecule has 1 atom stereocenters. The van der Waals surface area contributed by atoms with Crippen molar-refractivity contribution in [2.24, 2.45) is 7.05 Å². The van der Waals surface area contributed by atoms with Crippen molar-refractivity contribution in [1.82, 2.24) is 9.47 Å². The number of carbonyl (C=O) groups excluding carboxylic acids is 2. The first-order valence-electron chi connectivity index (χ1n) is 12.8. The maximum Gasteiger partial charge on any atom is 0.295 e. The standard InChI is InChI=1S/C32H31FN2O4/c1-32(2,3)20-12-15-26(39-5)23(16-20)29(36)27-28(24-18-34(4)25-9-7-6-8-22(24)25)35(31(38)30(27)37)17-19-10-13-21(33)14-11-19/h6-16,18,28,36H,17H2,1-5H3/b29-27+. The van der Waals surface area contributed by atoms with Gasteiger partial charge in [-0.3, -0.25) is 9.59 Å². The van der Waals surface area contributed by atoms with Crippen molar-refractivity contribution in [3.8, 4) is 5.75 Å². The molecule has 1 unspecified atom stereocenters. The van der Waals surface area contributed by atoms with E-state index in [1.807, 2.05) is 54.2 Å². The van der Waals surface area contributed by atoms with Crippen molar-refractivity contribution in [2.75, 3.05) is 7.11 Å². The van der Waals surface area contributed by atoms with E-state index in [-0.39, 0.29) is 23.3 Å². The Bertz CT molecular complexity index is 1630. The van der Waals surface area contributed by atoms with Gasteiger partial charge in [-0.1, -0.05) is 57.2 Å². The van der Waals surface area contributed by atoms with Gasteiger partial charge in [-0.15, -0.1) is 0 Å². The highest BCUT2D eigenvalue weighted by molar-refractivity contribution is 6.46. The molecular formula is C32H31FN2O4. The quantitative estimate of drug-likeness (QED) is 0.190. The number of amides is 1. The summed E-state index contributed by atoms with van der Waals surface area (Å²) in [6.45, 7) is 6.22. The van der Waals surface area contributed by atoms with Gasteiger partial charge in [-0.2, -0.15) is 0 Å². The van der Waals surface area contributed by atoms with Crippen LogP contribution in [0.4, 0.5) is 4.39 Å². The zero-order valence-corrected chi connectivity index (χ0v) is 22.7. The molecule has 1 aromatic heterocycles. The van der Waals surface area contributed by atoms with Crippen LogP contribution in [0.2, 0.25) is 0 Å². The van der Waals surface area contributed by atoms with Crippen LogP contribution in [0.25, 0.3) is 16.7 Å². The van der Waals surface area contributed by atoms with Gasteiger partial charge < -0.3 is 19.3 Å². The molecule has 4 aromatic rings. The van der Waals surface area contributed by atoms with E-state index in [0.29, 0.717) is 22.4 Å². The summed E-state index contributed by atoms with van der Waals surface area (Å²) in [6, 6.07) is 18.1. The monoisotopic (exact) mass is 526 g/mol. The molecule has 5 rings (SSSR count). The number of aliphatic hydroxyl groups excluding tert-OH is 1. The van der Waals surface area contributed by atoms with Crippen LogP contribution in [0.1, 0.15) is 49.1 Å². The van der Waals surface area contributed by atoms with E-state index in [1.54, 1.807) is 18.2 Å². The number of ketones is 1. The van der Waals surface area contributed by atoms with Gasteiger partial charge in [0, 0.05) is 36.3 Å². The number of hydrogen-bond donors (Lipinski definition) is 1. The summed E-state index contributed by atoms with van der Waals surface area (Å²) in [4.78, 5) is 28.7. The largest absolute Gasteiger partial charge is 0.507 e. The van der Waals surface area contributed by atoms with Crippen LogP contribution in [0.3, 0.4) is 0 Å². The van der Waals surface area contributed by atoms with Crippen molar-refractivity contribution in [2.45, 2.75) is 38.8 Å². The average Bonchev–Trinajstić information content (AvgIpc) is 3.37. The maximum absolute atomic E-state index is 13.7. The Labute approximate surface area is 226 Å². The first-order valence-corrected chi connectivity index (χ1v) is 12.8. The second kappa shape index (κ2) is 9.73. The van der Waals surface area contributed by atoms with Crippen molar-refractivity contribution in [3.05, 3.63) is 107 Å². The molecule has 1 aliphatic heterocycles. The Balaban J connectivity index is 1.76. The molecule has 1 N–H and O–H groups in total. The molecule has 0 saturated carbocycles. The molecule has 1 aliphatic rings. The summed E-state index contributed by atoms with van der Waals surface area (Å²) in [7, 11) is 3.39. The lowest BCUT2D eigenvalue weighted by atomic mass is 9.85. The molecule has 2 heterocycles. The second-order valence-corrected chi connectivity index (χ2v) is 10.9. The third kappa shape index (κ3) is 4.58. The number of ether oxygens (including phenoxy) is 1. The van der Waals surface area contributed by atoms with Gasteiger partial charge in [0.05, 0.1) is 24.3 Å². The lowest BCUT2D eigenvalue weighted by Crippen LogP contribution is -2.29. The summed E-state index contributed by atoms with van der Waals surface area (Å²) in [6.07, 6.45) is 1.88. The van der Waals surface area contributed by atoms with Gasteiger partial charge >= 0.3 is 0 Å². The number of likely N-dealkylation sites (tertiary alicyclic amines) is 1. The first-order chi connectivity index (χ1) is 18.5. The molecule has 3 aromatic carbocycles. The van der Waals surface area contributed by atoms with E-state index in [4.69, 9.17) is 4.74 Å². The number of aromatic nitrogens is 1. The average molecular weight is 527 g/mol. The Morgan fingerprint density at radius 1 is 1.03 bits per heavy atom. The topological polar surface area (TPSA) is 71.8 Å². The Morgan fingerprint density at radius 2 is 1.72 bits per heavy atom. The van der Waals surface area contributed by atoms with Gasteiger partial charge in [0.15, 0.2) is 0 Å². The minimum Gasteiger partial charge on any atom is -0.507 e. The highest BCUT2D eigenvalue weighted by Crippen LogP contribution is 2.44. The first kappa shape index (κ1) is 26.2. The lowest BCUT2D eigenvalue weighted by Gasteiger charge is -2.25. The maximum atomic E-state index is 13.7. The number of methoxy groups -OCH3 is 1. The van der Waals surface area contributed by atoms with Crippen LogP contribution in [0.5, 0.6) is 5.75 Å². The number of fused-ring (bicyclic) bond motifs is 1. The van der Waals surface area contributed by atoms with Crippen LogP contribution in [0.15, 0.2) is 78.5 Å². The van der Waals surface area contributed by atoms with Crippen LogP contribution in [-0.2, 0) is 28.6 Å². The minimum absolute atomic E-state index is 0.0113. The molecule has 6 nitrogen and oxygen atoms in total. The number of aliphatic hydroxyl groups is 1. The zero-order chi connectivity index (χ0) is 28.1. The lowest BCUT2D eigenvalue weighted by molar-refractivity contribution is -0.140. The molecule has 7 heteroatoms. The number of rotatable bonds is 5. The number of halogens is 1. The predicted molar refractivity (Wildman–Crippen MR) is 149 cm³/mol. The zero-order valence-electron chi connectivity index (χ0n) is 22.7. The molecule has 0 spiro atoms. The summed E-state index contributed by atoms with van der Waals surface area (Å²) in [5.74, 6) is -1.81. The molecule has 200 valence electrons. The molecular weight excluding hydrogens is 495 g/mol. The van der Waals surface area contributed by atoms with Crippen LogP contribution < -0.4 is 4.74 Å². The number of aryl methyl sites for hydroxylation is 1. The Morgan fingerprint density at radius 3 is 2.38 bits per heavy atom. The highest BCUT2D eigenvalue weighted by atomic mass is 19.1. The fraction of sp³-hybridized carbons (Fsp3) is 0.250. The third-order valence-corrected chi connectivity index (χ3v) is 7.35. The Kier molecular flexibility index (Phi) is 6.54. The van der Waals surface area contributed by atoms with Crippen molar-refractivity contribution in [3.63, 3.8) is 0 Å². The molecule has 1 amide bonds. The van der Waals surface area contributed by atoms with E-state index < -0.39 is 23.5 Å². The van der Waals surface area contributed by atoms with Gasteiger partial charge in [0.2, 0.25) is 0 Å². The van der Waals surface area contributed by atoms with Crippen molar-refractivity contribution >= 4 is 28.4 Å².